The molecule has 3 rings (SSSR count). The summed E-state index contributed by atoms with van der Waals surface area (Å²) >= 11 is 0. The fourth-order valence-corrected chi connectivity index (χ4v) is 2.41. The third-order valence-electron chi connectivity index (χ3n) is 3.47. The first-order valence-electron chi connectivity index (χ1n) is 6.50. The minimum absolute atomic E-state index is 0.317. The van der Waals surface area contributed by atoms with Crippen LogP contribution in [0.4, 0.5) is 0 Å². The summed E-state index contributed by atoms with van der Waals surface area (Å²) in [5.41, 5.74) is 8.42. The largest absolute Gasteiger partial charge is 0.454 e. The minimum atomic E-state index is 0.317. The zero-order chi connectivity index (χ0) is 13.1. The van der Waals surface area contributed by atoms with Gasteiger partial charge in [0.2, 0.25) is 6.79 Å². The van der Waals surface area contributed by atoms with Crippen LogP contribution < -0.4 is 15.2 Å². The van der Waals surface area contributed by atoms with Crippen molar-refractivity contribution in [1.82, 2.24) is 0 Å². The molecule has 0 amide bonds. The Kier molecular flexibility index (Phi) is 3.38. The zero-order valence-corrected chi connectivity index (χ0v) is 10.7. The van der Waals surface area contributed by atoms with Gasteiger partial charge in [-0.15, -0.1) is 0 Å². The van der Waals surface area contributed by atoms with Crippen LogP contribution >= 0.6 is 0 Å². The summed E-state index contributed by atoms with van der Waals surface area (Å²) in [4.78, 5) is 0. The van der Waals surface area contributed by atoms with Crippen LogP contribution in [0, 0.1) is 0 Å². The van der Waals surface area contributed by atoms with Gasteiger partial charge in [0, 0.05) is 5.92 Å². The Morgan fingerprint density at radius 2 is 1.79 bits per heavy atom. The molecule has 2 aromatic carbocycles. The molecule has 0 saturated carbocycles. The summed E-state index contributed by atoms with van der Waals surface area (Å²) in [5.74, 6) is 2.00. The van der Waals surface area contributed by atoms with Gasteiger partial charge in [-0.05, 0) is 36.2 Å². The maximum absolute atomic E-state index is 5.91. The quantitative estimate of drug-likeness (QED) is 0.913. The van der Waals surface area contributed by atoms with Crippen molar-refractivity contribution in [3.05, 3.63) is 59.7 Å². The number of rotatable bonds is 4. The smallest absolute Gasteiger partial charge is 0.231 e. The molecule has 0 spiro atoms. The van der Waals surface area contributed by atoms with Crippen molar-refractivity contribution >= 4 is 0 Å². The van der Waals surface area contributed by atoms with E-state index in [9.17, 15) is 0 Å². The Morgan fingerprint density at radius 3 is 2.58 bits per heavy atom. The molecule has 0 aliphatic carbocycles. The molecule has 3 nitrogen and oxygen atoms in total. The van der Waals surface area contributed by atoms with Gasteiger partial charge in [-0.25, -0.2) is 0 Å². The highest BCUT2D eigenvalue weighted by atomic mass is 16.7. The van der Waals surface area contributed by atoms with Crippen molar-refractivity contribution in [1.29, 1.82) is 0 Å². The lowest BCUT2D eigenvalue weighted by Crippen LogP contribution is -2.14. The summed E-state index contributed by atoms with van der Waals surface area (Å²) < 4.78 is 10.7. The average molecular weight is 255 g/mol. The minimum Gasteiger partial charge on any atom is -0.454 e. The van der Waals surface area contributed by atoms with Gasteiger partial charge in [-0.3, -0.25) is 0 Å². The van der Waals surface area contributed by atoms with Crippen molar-refractivity contribution in [3.63, 3.8) is 0 Å². The highest BCUT2D eigenvalue weighted by Gasteiger charge is 2.16. The van der Waals surface area contributed by atoms with Crippen molar-refractivity contribution < 1.29 is 9.47 Å². The standard InChI is InChI=1S/C16H17NO2/c17-10-14(13-4-2-1-3-5-13)8-12-6-7-15-16(9-12)19-11-18-15/h1-7,9,14H,8,10-11,17H2. The highest BCUT2D eigenvalue weighted by Crippen LogP contribution is 2.33. The first-order chi connectivity index (χ1) is 9.36. The predicted octanol–water partition coefficient (Wildman–Crippen LogP) is 2.70. The maximum Gasteiger partial charge on any atom is 0.231 e. The summed E-state index contributed by atoms with van der Waals surface area (Å²) in [6, 6.07) is 16.5. The van der Waals surface area contributed by atoms with E-state index >= 15 is 0 Å². The van der Waals surface area contributed by atoms with Gasteiger partial charge in [0.25, 0.3) is 0 Å². The van der Waals surface area contributed by atoms with E-state index in [1.54, 1.807) is 0 Å². The van der Waals surface area contributed by atoms with Gasteiger partial charge < -0.3 is 15.2 Å². The van der Waals surface area contributed by atoms with Gasteiger partial charge in [0.15, 0.2) is 11.5 Å². The Hall–Kier alpha value is -2.00. The molecule has 2 aromatic rings. The number of fused-ring (bicyclic) bond motifs is 1. The van der Waals surface area contributed by atoms with Crippen LogP contribution in [0.5, 0.6) is 11.5 Å². The fourth-order valence-electron chi connectivity index (χ4n) is 2.41. The van der Waals surface area contributed by atoms with Crippen LogP contribution in [-0.4, -0.2) is 13.3 Å². The Balaban J connectivity index is 1.80. The number of benzene rings is 2. The van der Waals surface area contributed by atoms with Crippen molar-refractivity contribution in [2.24, 2.45) is 5.73 Å². The van der Waals surface area contributed by atoms with E-state index in [0.717, 1.165) is 17.9 Å². The van der Waals surface area contributed by atoms with Gasteiger partial charge in [-0.2, -0.15) is 0 Å². The SMILES string of the molecule is NCC(Cc1ccc2c(c1)OCO2)c1ccccc1. The molecular weight excluding hydrogens is 238 g/mol. The molecule has 0 bridgehead atoms. The van der Waals surface area contributed by atoms with Gasteiger partial charge >= 0.3 is 0 Å². The lowest BCUT2D eigenvalue weighted by atomic mass is 9.92. The van der Waals surface area contributed by atoms with Crippen LogP contribution in [0.15, 0.2) is 48.5 Å². The van der Waals surface area contributed by atoms with Crippen LogP contribution in [0.3, 0.4) is 0 Å². The van der Waals surface area contributed by atoms with Crippen LogP contribution in [0.2, 0.25) is 0 Å². The first kappa shape index (κ1) is 12.1. The van der Waals surface area contributed by atoms with E-state index in [2.05, 4.69) is 30.3 Å². The number of nitrogens with two attached hydrogens (primary N) is 1. The molecule has 0 radical (unpaired) electrons. The van der Waals surface area contributed by atoms with E-state index in [-0.39, 0.29) is 0 Å². The molecule has 1 aliphatic heterocycles. The van der Waals surface area contributed by atoms with Crippen molar-refractivity contribution in [2.75, 3.05) is 13.3 Å². The lowest BCUT2D eigenvalue weighted by Gasteiger charge is -2.15. The molecule has 1 heterocycles. The van der Waals surface area contributed by atoms with Crippen LogP contribution in [0.1, 0.15) is 17.0 Å². The molecule has 0 saturated heterocycles. The van der Waals surface area contributed by atoms with E-state index in [1.165, 1.54) is 11.1 Å². The van der Waals surface area contributed by atoms with Crippen molar-refractivity contribution in [3.8, 4) is 11.5 Å². The predicted molar refractivity (Wildman–Crippen MR) is 74.5 cm³/mol. The molecule has 0 aromatic heterocycles. The average Bonchev–Trinajstić information content (AvgIpc) is 2.93. The monoisotopic (exact) mass is 255 g/mol. The Labute approximate surface area is 113 Å². The molecule has 98 valence electrons. The molecule has 1 atom stereocenters. The molecule has 3 heteroatoms. The molecule has 1 unspecified atom stereocenters. The second-order valence-corrected chi connectivity index (χ2v) is 4.74. The van der Waals surface area contributed by atoms with E-state index in [1.807, 2.05) is 18.2 Å². The highest BCUT2D eigenvalue weighted by molar-refractivity contribution is 5.45. The Bertz CT molecular complexity index is 554. The van der Waals surface area contributed by atoms with Gasteiger partial charge in [0.1, 0.15) is 0 Å². The molecule has 2 N–H and O–H groups in total. The molecule has 0 fully saturated rings. The zero-order valence-electron chi connectivity index (χ0n) is 10.7. The Morgan fingerprint density at radius 1 is 1.00 bits per heavy atom. The van der Waals surface area contributed by atoms with E-state index in [0.29, 0.717) is 19.3 Å². The number of hydrogen-bond acceptors (Lipinski definition) is 3. The van der Waals surface area contributed by atoms with Crippen LogP contribution in [0.25, 0.3) is 0 Å². The van der Waals surface area contributed by atoms with Crippen molar-refractivity contribution in [2.45, 2.75) is 12.3 Å². The third kappa shape index (κ3) is 2.56. The summed E-state index contributed by atoms with van der Waals surface area (Å²) in [6.07, 6.45) is 0.914. The van der Waals surface area contributed by atoms with Gasteiger partial charge in [-0.1, -0.05) is 36.4 Å². The normalized spacial score (nSPS) is 14.4. The number of hydrogen-bond donors (Lipinski definition) is 1. The number of ether oxygens (including phenoxy) is 2. The second kappa shape index (κ2) is 5.33. The summed E-state index contributed by atoms with van der Waals surface area (Å²) in [5, 5.41) is 0. The molecular formula is C16H17NO2. The van der Waals surface area contributed by atoms with Crippen LogP contribution in [-0.2, 0) is 6.42 Å². The third-order valence-corrected chi connectivity index (χ3v) is 3.47. The summed E-state index contributed by atoms with van der Waals surface area (Å²) in [6.45, 7) is 0.955. The molecule has 19 heavy (non-hydrogen) atoms. The topological polar surface area (TPSA) is 44.5 Å². The second-order valence-electron chi connectivity index (χ2n) is 4.74. The van der Waals surface area contributed by atoms with Gasteiger partial charge in [0.05, 0.1) is 0 Å². The molecule has 1 aliphatic rings. The summed E-state index contributed by atoms with van der Waals surface area (Å²) in [7, 11) is 0. The maximum atomic E-state index is 5.91. The van der Waals surface area contributed by atoms with E-state index < -0.39 is 0 Å². The van der Waals surface area contributed by atoms with E-state index in [4.69, 9.17) is 15.2 Å². The lowest BCUT2D eigenvalue weighted by molar-refractivity contribution is 0.174. The fraction of sp³-hybridized carbons (Fsp3) is 0.250. The first-order valence-corrected chi connectivity index (χ1v) is 6.50.